The molecule has 1 amide bonds. The highest BCUT2D eigenvalue weighted by atomic mass is 32.1. The Labute approximate surface area is 175 Å². The molecule has 11 heteroatoms. The van der Waals surface area contributed by atoms with Crippen molar-refractivity contribution in [1.29, 1.82) is 0 Å². The summed E-state index contributed by atoms with van der Waals surface area (Å²) in [5.74, 6) is -1.77. The van der Waals surface area contributed by atoms with Gasteiger partial charge in [-0.2, -0.15) is 24.5 Å². The number of aliphatic carboxylic acids is 1. The zero-order valence-electron chi connectivity index (χ0n) is 16.0. The van der Waals surface area contributed by atoms with E-state index in [4.69, 9.17) is 9.90 Å². The summed E-state index contributed by atoms with van der Waals surface area (Å²) in [7, 11) is 0. The van der Waals surface area contributed by atoms with Crippen LogP contribution in [0.3, 0.4) is 0 Å². The first-order valence-corrected chi connectivity index (χ1v) is 10.3. The third-order valence-electron chi connectivity index (χ3n) is 5.23. The largest absolute Gasteiger partial charge is 0.490 e. The van der Waals surface area contributed by atoms with Crippen molar-refractivity contribution in [2.24, 2.45) is 5.41 Å². The third kappa shape index (κ3) is 5.26. The number of anilines is 1. The van der Waals surface area contributed by atoms with Gasteiger partial charge in [0.25, 0.3) is 5.91 Å². The van der Waals surface area contributed by atoms with Crippen molar-refractivity contribution in [2.45, 2.75) is 25.4 Å². The zero-order valence-corrected chi connectivity index (χ0v) is 16.8. The number of hydrogen-bond acceptors (Lipinski definition) is 6. The smallest absolute Gasteiger partial charge is 0.475 e. The Hall–Kier alpha value is -2.69. The maximum absolute atomic E-state index is 12.6. The third-order valence-corrected chi connectivity index (χ3v) is 5.92. The number of carbonyl (C=O) groups is 2. The number of hydrogen-bond donors (Lipinski definition) is 1. The molecule has 0 bridgehead atoms. The second-order valence-electron chi connectivity index (χ2n) is 7.37. The molecule has 2 aromatic rings. The van der Waals surface area contributed by atoms with E-state index >= 15 is 0 Å². The summed E-state index contributed by atoms with van der Waals surface area (Å²) in [6, 6.07) is 3.77. The topological polar surface area (TPSA) is 86.6 Å². The van der Waals surface area contributed by atoms with E-state index in [9.17, 15) is 18.0 Å². The first kappa shape index (κ1) is 22.0. The molecule has 2 aliphatic rings. The van der Waals surface area contributed by atoms with Crippen molar-refractivity contribution >= 4 is 29.2 Å². The molecule has 2 aliphatic heterocycles. The lowest BCUT2D eigenvalue weighted by Gasteiger charge is -2.40. The van der Waals surface area contributed by atoms with Crippen LogP contribution in [0.4, 0.5) is 19.1 Å². The van der Waals surface area contributed by atoms with Crippen LogP contribution in [-0.2, 0) is 4.79 Å². The van der Waals surface area contributed by atoms with Crippen molar-refractivity contribution in [3.63, 3.8) is 0 Å². The van der Waals surface area contributed by atoms with Gasteiger partial charge < -0.3 is 14.9 Å². The monoisotopic (exact) mass is 442 g/mol. The summed E-state index contributed by atoms with van der Waals surface area (Å²) in [4.78, 5) is 34.6. The van der Waals surface area contributed by atoms with Gasteiger partial charge in [-0.1, -0.05) is 0 Å². The second-order valence-corrected chi connectivity index (χ2v) is 8.15. The average molecular weight is 442 g/mol. The number of nitrogens with zero attached hydrogens (tertiary/aromatic N) is 4. The van der Waals surface area contributed by atoms with Gasteiger partial charge in [0.05, 0.1) is 5.56 Å². The molecule has 0 aliphatic carbocycles. The second kappa shape index (κ2) is 8.99. The highest BCUT2D eigenvalue weighted by molar-refractivity contribution is 7.08. The van der Waals surface area contributed by atoms with Crippen LogP contribution in [0, 0.1) is 5.41 Å². The molecule has 0 radical (unpaired) electrons. The fourth-order valence-corrected chi connectivity index (χ4v) is 4.47. The van der Waals surface area contributed by atoms with Gasteiger partial charge in [0.15, 0.2) is 0 Å². The molecule has 7 nitrogen and oxygen atoms in total. The maximum Gasteiger partial charge on any atom is 0.490 e. The Balaban J connectivity index is 0.000000318. The highest BCUT2D eigenvalue weighted by Crippen LogP contribution is 2.40. The number of alkyl halides is 3. The quantitative estimate of drug-likeness (QED) is 0.768. The lowest BCUT2D eigenvalue weighted by molar-refractivity contribution is -0.192. The van der Waals surface area contributed by atoms with Gasteiger partial charge in [-0.05, 0) is 36.8 Å². The minimum atomic E-state index is -5.08. The predicted octanol–water partition coefficient (Wildman–Crippen LogP) is 3.30. The Bertz CT molecular complexity index is 864. The number of carboxylic acids is 1. The Morgan fingerprint density at radius 2 is 1.83 bits per heavy atom. The van der Waals surface area contributed by atoms with Crippen LogP contribution in [0.5, 0.6) is 0 Å². The molecule has 1 spiro atoms. The van der Waals surface area contributed by atoms with Crippen LogP contribution < -0.4 is 4.90 Å². The number of halogens is 3. The molecular formula is C19H21F3N4O3S. The van der Waals surface area contributed by atoms with E-state index in [-0.39, 0.29) is 11.3 Å². The number of thiophene rings is 1. The molecule has 1 atom stereocenters. The van der Waals surface area contributed by atoms with Crippen LogP contribution in [0.15, 0.2) is 35.3 Å². The molecule has 2 fully saturated rings. The number of rotatable bonds is 2. The van der Waals surface area contributed by atoms with E-state index in [1.54, 1.807) is 23.7 Å². The predicted molar refractivity (Wildman–Crippen MR) is 104 cm³/mol. The Morgan fingerprint density at radius 1 is 1.13 bits per heavy atom. The average Bonchev–Trinajstić information content (AvgIpc) is 3.39. The number of amides is 1. The fraction of sp³-hybridized carbons (Fsp3) is 0.474. The molecule has 4 heterocycles. The van der Waals surface area contributed by atoms with Gasteiger partial charge in [0, 0.05) is 49.4 Å². The molecular weight excluding hydrogens is 421 g/mol. The van der Waals surface area contributed by atoms with Gasteiger partial charge >= 0.3 is 12.1 Å². The highest BCUT2D eigenvalue weighted by Gasteiger charge is 2.43. The van der Waals surface area contributed by atoms with Crippen molar-refractivity contribution in [3.05, 3.63) is 40.8 Å². The molecule has 0 saturated carbocycles. The summed E-state index contributed by atoms with van der Waals surface area (Å²) < 4.78 is 31.7. The van der Waals surface area contributed by atoms with Crippen molar-refractivity contribution in [3.8, 4) is 0 Å². The maximum atomic E-state index is 12.6. The molecule has 1 N–H and O–H groups in total. The van der Waals surface area contributed by atoms with Crippen LogP contribution in [0.25, 0.3) is 0 Å². The summed E-state index contributed by atoms with van der Waals surface area (Å²) in [6.07, 6.45) is 1.88. The first-order chi connectivity index (χ1) is 14.2. The minimum absolute atomic E-state index is 0.180. The lowest BCUT2D eigenvalue weighted by Crippen LogP contribution is -2.47. The lowest BCUT2D eigenvalue weighted by atomic mass is 9.79. The number of aromatic nitrogens is 2. The van der Waals surface area contributed by atoms with E-state index < -0.39 is 12.1 Å². The molecule has 4 rings (SSSR count). The SMILES string of the molecule is O=C(O)C(F)(F)F.O=C(c1ccsc1)N1CCCC2(CCN(c3ncccn3)C2)C1. The molecule has 0 aromatic carbocycles. The van der Waals surface area contributed by atoms with Crippen molar-refractivity contribution in [2.75, 3.05) is 31.1 Å². The number of carbonyl (C=O) groups excluding carboxylic acids is 1. The molecule has 30 heavy (non-hydrogen) atoms. The van der Waals surface area contributed by atoms with Crippen LogP contribution in [0.1, 0.15) is 29.6 Å². The van der Waals surface area contributed by atoms with Gasteiger partial charge in [0.1, 0.15) is 0 Å². The minimum Gasteiger partial charge on any atom is -0.475 e. The zero-order chi connectivity index (χ0) is 21.8. The van der Waals surface area contributed by atoms with E-state index in [1.165, 1.54) is 6.42 Å². The Kier molecular flexibility index (Phi) is 6.59. The van der Waals surface area contributed by atoms with Gasteiger partial charge in [-0.25, -0.2) is 14.8 Å². The van der Waals surface area contributed by atoms with E-state index in [2.05, 4.69) is 14.9 Å². The number of piperidine rings is 1. The van der Waals surface area contributed by atoms with Gasteiger partial charge in [-0.15, -0.1) is 0 Å². The van der Waals surface area contributed by atoms with E-state index in [0.29, 0.717) is 0 Å². The fourth-order valence-electron chi connectivity index (χ4n) is 3.84. The van der Waals surface area contributed by atoms with Crippen molar-refractivity contribution in [1.82, 2.24) is 14.9 Å². The molecule has 162 valence electrons. The van der Waals surface area contributed by atoms with Crippen LogP contribution in [0.2, 0.25) is 0 Å². The van der Waals surface area contributed by atoms with Crippen molar-refractivity contribution < 1.29 is 27.9 Å². The van der Waals surface area contributed by atoms with E-state index in [1.807, 2.05) is 27.8 Å². The van der Waals surface area contributed by atoms with Crippen LogP contribution in [-0.4, -0.2) is 64.2 Å². The molecule has 1 unspecified atom stereocenters. The summed E-state index contributed by atoms with van der Waals surface area (Å²) in [5, 5.41) is 11.0. The Morgan fingerprint density at radius 3 is 2.43 bits per heavy atom. The van der Waals surface area contributed by atoms with Gasteiger partial charge in [0.2, 0.25) is 5.95 Å². The van der Waals surface area contributed by atoms with E-state index in [0.717, 1.165) is 50.5 Å². The summed E-state index contributed by atoms with van der Waals surface area (Å²) >= 11 is 1.58. The van der Waals surface area contributed by atoms with Crippen LogP contribution >= 0.6 is 11.3 Å². The normalized spacial score (nSPS) is 21.3. The molecule has 2 aromatic heterocycles. The summed E-state index contributed by atoms with van der Waals surface area (Å²) in [6.45, 7) is 3.65. The molecule has 2 saturated heterocycles. The first-order valence-electron chi connectivity index (χ1n) is 9.34. The number of carboxylic acid groups (broad SMARTS) is 1. The van der Waals surface area contributed by atoms with Gasteiger partial charge in [-0.3, -0.25) is 4.79 Å². The standard InChI is InChI=1S/C17H20N4OS.C2HF3O2/c22-15(14-3-10-23-11-14)20-8-1-4-17(12-20)5-9-21(13-17)16-18-6-2-7-19-16;3-2(4,5)1(6)7/h2-3,6-7,10-11H,1,4-5,8-9,12-13H2;(H,6,7). The number of likely N-dealkylation sites (tertiary alicyclic amines) is 1. The summed E-state index contributed by atoms with van der Waals surface area (Å²) in [5.41, 5.74) is 1.02.